The fourth-order valence-electron chi connectivity index (χ4n) is 2.44. The average molecular weight is 371 g/mol. The highest BCUT2D eigenvalue weighted by Crippen LogP contribution is 2.33. The van der Waals surface area contributed by atoms with E-state index in [1.165, 1.54) is 17.2 Å². The highest BCUT2D eigenvalue weighted by Gasteiger charge is 2.20. The molecule has 0 saturated carbocycles. The third kappa shape index (κ3) is 3.47. The standard InChI is InChI=1S/C17H18BrClFN/c1-4-21-17(12-7-5-6-10(2)11(12)3)13-8-15(19)14(18)9-16(13)20/h5-9,17,21H,4H2,1-3H3. The Balaban J connectivity index is 2.59. The molecule has 1 N–H and O–H groups in total. The second-order valence-corrected chi connectivity index (χ2v) is 6.33. The molecular formula is C17H18BrClFN. The highest BCUT2D eigenvalue weighted by atomic mass is 79.9. The zero-order valence-corrected chi connectivity index (χ0v) is 14.6. The highest BCUT2D eigenvalue weighted by molar-refractivity contribution is 9.10. The zero-order chi connectivity index (χ0) is 15.6. The molecule has 4 heteroatoms. The molecule has 21 heavy (non-hydrogen) atoms. The molecule has 1 nitrogen and oxygen atoms in total. The number of aryl methyl sites for hydroxylation is 1. The minimum absolute atomic E-state index is 0.208. The van der Waals surface area contributed by atoms with Crippen LogP contribution < -0.4 is 5.32 Å². The van der Waals surface area contributed by atoms with Crippen molar-refractivity contribution in [1.82, 2.24) is 5.32 Å². The van der Waals surface area contributed by atoms with E-state index in [9.17, 15) is 4.39 Å². The van der Waals surface area contributed by atoms with Gasteiger partial charge in [-0.15, -0.1) is 0 Å². The molecule has 2 aromatic rings. The molecule has 112 valence electrons. The maximum atomic E-state index is 14.4. The van der Waals surface area contributed by atoms with Gasteiger partial charge < -0.3 is 5.32 Å². The van der Waals surface area contributed by atoms with Crippen molar-refractivity contribution >= 4 is 27.5 Å². The summed E-state index contributed by atoms with van der Waals surface area (Å²) in [4.78, 5) is 0. The number of rotatable bonds is 4. The van der Waals surface area contributed by atoms with Crippen molar-refractivity contribution in [2.24, 2.45) is 0 Å². The van der Waals surface area contributed by atoms with Gasteiger partial charge in [-0.05, 0) is 65.1 Å². The van der Waals surface area contributed by atoms with E-state index in [0.717, 1.165) is 12.1 Å². The Bertz CT molecular complexity index is 657. The first kappa shape index (κ1) is 16.5. The number of benzene rings is 2. The van der Waals surface area contributed by atoms with Crippen LogP contribution in [-0.2, 0) is 0 Å². The fraction of sp³-hybridized carbons (Fsp3) is 0.294. The predicted molar refractivity (Wildman–Crippen MR) is 90.5 cm³/mol. The molecule has 0 spiro atoms. The first-order valence-corrected chi connectivity index (χ1v) is 8.06. The van der Waals surface area contributed by atoms with Gasteiger partial charge >= 0.3 is 0 Å². The smallest absolute Gasteiger partial charge is 0.129 e. The van der Waals surface area contributed by atoms with Gasteiger partial charge in [0, 0.05) is 10.0 Å². The van der Waals surface area contributed by atoms with Crippen LogP contribution in [0.25, 0.3) is 0 Å². The Hall–Kier alpha value is -0.900. The molecule has 0 bridgehead atoms. The summed E-state index contributed by atoms with van der Waals surface area (Å²) in [5.41, 5.74) is 4.01. The van der Waals surface area contributed by atoms with Gasteiger partial charge in [0.25, 0.3) is 0 Å². The Kier molecular flexibility index (Phi) is 5.42. The first-order valence-electron chi connectivity index (χ1n) is 6.89. The molecule has 2 rings (SSSR count). The minimum Gasteiger partial charge on any atom is -0.306 e. The summed E-state index contributed by atoms with van der Waals surface area (Å²) in [5, 5.41) is 3.87. The predicted octanol–water partition coefficient (Wildman–Crippen LogP) is 5.56. The molecule has 0 heterocycles. The monoisotopic (exact) mass is 369 g/mol. The molecule has 0 aromatic heterocycles. The summed E-state index contributed by atoms with van der Waals surface area (Å²) in [6, 6.07) is 9.00. The lowest BCUT2D eigenvalue weighted by molar-refractivity contribution is 0.557. The van der Waals surface area contributed by atoms with Crippen LogP contribution in [0.2, 0.25) is 5.02 Å². The third-order valence-electron chi connectivity index (χ3n) is 3.72. The molecule has 0 radical (unpaired) electrons. The van der Waals surface area contributed by atoms with Crippen LogP contribution in [0.1, 0.15) is 35.2 Å². The van der Waals surface area contributed by atoms with E-state index in [1.54, 1.807) is 6.07 Å². The van der Waals surface area contributed by atoms with Gasteiger partial charge in [0.15, 0.2) is 0 Å². The van der Waals surface area contributed by atoms with E-state index in [4.69, 9.17) is 11.6 Å². The van der Waals surface area contributed by atoms with E-state index in [-0.39, 0.29) is 11.9 Å². The van der Waals surface area contributed by atoms with Crippen LogP contribution >= 0.6 is 27.5 Å². The molecule has 0 aliphatic carbocycles. The van der Waals surface area contributed by atoms with Crippen LogP contribution in [0.15, 0.2) is 34.8 Å². The SMILES string of the molecule is CCNC(c1cc(Cl)c(Br)cc1F)c1cccc(C)c1C. The van der Waals surface area contributed by atoms with Gasteiger partial charge in [0.05, 0.1) is 11.1 Å². The summed E-state index contributed by atoms with van der Waals surface area (Å²) in [6.07, 6.45) is 0. The number of nitrogens with one attached hydrogen (secondary N) is 1. The van der Waals surface area contributed by atoms with Crippen LogP contribution in [-0.4, -0.2) is 6.54 Å². The van der Waals surface area contributed by atoms with Gasteiger partial charge in [-0.25, -0.2) is 4.39 Å². The van der Waals surface area contributed by atoms with E-state index >= 15 is 0 Å². The average Bonchev–Trinajstić information content (AvgIpc) is 2.44. The number of hydrogen-bond acceptors (Lipinski definition) is 1. The van der Waals surface area contributed by atoms with Crippen molar-refractivity contribution in [1.29, 1.82) is 0 Å². The zero-order valence-electron chi connectivity index (χ0n) is 12.3. The topological polar surface area (TPSA) is 12.0 Å². The van der Waals surface area contributed by atoms with Crippen molar-refractivity contribution in [3.8, 4) is 0 Å². The lowest BCUT2D eigenvalue weighted by Crippen LogP contribution is -2.24. The Morgan fingerprint density at radius 2 is 1.95 bits per heavy atom. The van der Waals surface area contributed by atoms with Crippen molar-refractivity contribution in [3.63, 3.8) is 0 Å². The second-order valence-electron chi connectivity index (χ2n) is 5.07. The summed E-state index contributed by atoms with van der Waals surface area (Å²) < 4.78 is 15.0. The third-order valence-corrected chi connectivity index (χ3v) is 4.91. The van der Waals surface area contributed by atoms with Gasteiger partial charge in [-0.1, -0.05) is 36.7 Å². The Labute approximate surface area is 138 Å². The van der Waals surface area contributed by atoms with Crippen LogP contribution in [0.3, 0.4) is 0 Å². The summed E-state index contributed by atoms with van der Waals surface area (Å²) in [6.45, 7) is 6.88. The van der Waals surface area contributed by atoms with E-state index in [0.29, 0.717) is 15.1 Å². The molecule has 2 aromatic carbocycles. The maximum absolute atomic E-state index is 14.4. The number of halogens is 3. The molecule has 0 amide bonds. The molecule has 0 fully saturated rings. The molecule has 0 aliphatic rings. The molecule has 0 aliphatic heterocycles. The molecule has 1 unspecified atom stereocenters. The maximum Gasteiger partial charge on any atom is 0.129 e. The van der Waals surface area contributed by atoms with Gasteiger partial charge in [0.2, 0.25) is 0 Å². The molecular weight excluding hydrogens is 353 g/mol. The van der Waals surface area contributed by atoms with Crippen molar-refractivity contribution in [2.45, 2.75) is 26.8 Å². The van der Waals surface area contributed by atoms with E-state index < -0.39 is 0 Å². The van der Waals surface area contributed by atoms with Crippen LogP contribution in [0, 0.1) is 19.7 Å². The lowest BCUT2D eigenvalue weighted by Gasteiger charge is -2.23. The van der Waals surface area contributed by atoms with Crippen LogP contribution in [0.5, 0.6) is 0 Å². The van der Waals surface area contributed by atoms with Gasteiger partial charge in [0.1, 0.15) is 5.82 Å². The number of hydrogen-bond donors (Lipinski definition) is 1. The van der Waals surface area contributed by atoms with E-state index in [2.05, 4.69) is 41.2 Å². The molecule has 0 saturated heterocycles. The quantitative estimate of drug-likeness (QED) is 0.695. The second kappa shape index (κ2) is 6.91. The summed E-state index contributed by atoms with van der Waals surface area (Å²) >= 11 is 9.41. The largest absolute Gasteiger partial charge is 0.306 e. The van der Waals surface area contributed by atoms with Crippen molar-refractivity contribution < 1.29 is 4.39 Å². The van der Waals surface area contributed by atoms with Crippen molar-refractivity contribution in [2.75, 3.05) is 6.54 Å². The minimum atomic E-state index is -0.266. The summed E-state index contributed by atoms with van der Waals surface area (Å²) in [5.74, 6) is -0.266. The van der Waals surface area contributed by atoms with Crippen molar-refractivity contribution in [3.05, 3.63) is 67.9 Å². The van der Waals surface area contributed by atoms with Gasteiger partial charge in [-0.2, -0.15) is 0 Å². The van der Waals surface area contributed by atoms with Crippen LogP contribution in [0.4, 0.5) is 4.39 Å². The summed E-state index contributed by atoms with van der Waals surface area (Å²) in [7, 11) is 0. The fourth-order valence-corrected chi connectivity index (χ4v) is 2.92. The first-order chi connectivity index (χ1) is 9.95. The van der Waals surface area contributed by atoms with Gasteiger partial charge in [-0.3, -0.25) is 0 Å². The van der Waals surface area contributed by atoms with E-state index in [1.807, 2.05) is 19.1 Å². The lowest BCUT2D eigenvalue weighted by atomic mass is 9.92. The Morgan fingerprint density at radius 3 is 2.62 bits per heavy atom. The Morgan fingerprint density at radius 1 is 1.24 bits per heavy atom. The normalized spacial score (nSPS) is 12.5. The molecule has 1 atom stereocenters.